The zero-order valence-electron chi connectivity index (χ0n) is 13.0. The van der Waals surface area contributed by atoms with Crippen LogP contribution in [0.1, 0.15) is 44.9 Å². The SMILES string of the molecule is CC(CNCC(O)c1cccc(C(F)(F)F)c1)C(C)(C)C. The van der Waals surface area contributed by atoms with E-state index in [0.717, 1.165) is 12.1 Å². The van der Waals surface area contributed by atoms with Crippen molar-refractivity contribution >= 4 is 0 Å². The van der Waals surface area contributed by atoms with Crippen LogP contribution < -0.4 is 5.32 Å². The van der Waals surface area contributed by atoms with Crippen LogP contribution in [0.5, 0.6) is 0 Å². The zero-order valence-corrected chi connectivity index (χ0v) is 13.0. The molecule has 2 unspecified atom stereocenters. The second-order valence-electron chi connectivity index (χ2n) is 6.56. The van der Waals surface area contributed by atoms with Gasteiger partial charge in [-0.05, 0) is 35.6 Å². The van der Waals surface area contributed by atoms with Gasteiger partial charge in [0.25, 0.3) is 0 Å². The molecule has 120 valence electrons. The number of hydrogen-bond donors (Lipinski definition) is 2. The summed E-state index contributed by atoms with van der Waals surface area (Å²) in [5.41, 5.74) is -0.309. The normalized spacial score (nSPS) is 15.8. The number of aliphatic hydroxyl groups is 1. The molecule has 0 radical (unpaired) electrons. The fourth-order valence-corrected chi connectivity index (χ4v) is 1.78. The van der Waals surface area contributed by atoms with Gasteiger partial charge in [-0.25, -0.2) is 0 Å². The van der Waals surface area contributed by atoms with Crippen LogP contribution in [0, 0.1) is 11.3 Å². The Morgan fingerprint density at radius 3 is 2.29 bits per heavy atom. The molecule has 0 fully saturated rings. The van der Waals surface area contributed by atoms with Gasteiger partial charge < -0.3 is 10.4 Å². The number of halogens is 3. The van der Waals surface area contributed by atoms with E-state index in [1.807, 2.05) is 0 Å². The van der Waals surface area contributed by atoms with Crippen LogP contribution in [0.15, 0.2) is 24.3 Å². The minimum Gasteiger partial charge on any atom is -0.387 e. The highest BCUT2D eigenvalue weighted by atomic mass is 19.4. The lowest BCUT2D eigenvalue weighted by molar-refractivity contribution is -0.137. The topological polar surface area (TPSA) is 32.3 Å². The molecule has 0 amide bonds. The average molecular weight is 303 g/mol. The Balaban J connectivity index is 2.59. The van der Waals surface area contributed by atoms with Crippen molar-refractivity contribution in [3.05, 3.63) is 35.4 Å². The summed E-state index contributed by atoms with van der Waals surface area (Å²) in [7, 11) is 0. The third-order valence-electron chi connectivity index (χ3n) is 3.87. The van der Waals surface area contributed by atoms with Crippen molar-refractivity contribution in [2.75, 3.05) is 13.1 Å². The molecule has 0 heterocycles. The maximum absolute atomic E-state index is 12.6. The third kappa shape index (κ3) is 5.67. The fourth-order valence-electron chi connectivity index (χ4n) is 1.78. The summed E-state index contributed by atoms with van der Waals surface area (Å²) in [5.74, 6) is 0.395. The number of alkyl halides is 3. The Morgan fingerprint density at radius 1 is 1.14 bits per heavy atom. The lowest BCUT2D eigenvalue weighted by atomic mass is 9.82. The van der Waals surface area contributed by atoms with Crippen LogP contribution in [0.3, 0.4) is 0 Å². The molecular formula is C16H24F3NO. The summed E-state index contributed by atoms with van der Waals surface area (Å²) in [6.45, 7) is 9.43. The number of benzene rings is 1. The van der Waals surface area contributed by atoms with Gasteiger partial charge >= 0.3 is 6.18 Å². The summed E-state index contributed by atoms with van der Waals surface area (Å²) in [6.07, 6.45) is -5.33. The predicted octanol–water partition coefficient (Wildman–Crippen LogP) is 4.01. The number of nitrogens with one attached hydrogen (secondary N) is 1. The molecule has 0 aliphatic carbocycles. The van der Waals surface area contributed by atoms with Gasteiger partial charge in [0, 0.05) is 6.54 Å². The third-order valence-corrected chi connectivity index (χ3v) is 3.87. The molecule has 1 rings (SSSR count). The van der Waals surface area contributed by atoms with Crippen molar-refractivity contribution in [2.24, 2.45) is 11.3 Å². The first-order valence-electron chi connectivity index (χ1n) is 7.07. The first kappa shape index (κ1) is 18.0. The second kappa shape index (κ2) is 6.79. The highest BCUT2D eigenvalue weighted by molar-refractivity contribution is 5.27. The molecule has 2 nitrogen and oxygen atoms in total. The molecule has 5 heteroatoms. The number of rotatable bonds is 5. The Morgan fingerprint density at radius 2 is 1.76 bits per heavy atom. The molecule has 0 saturated carbocycles. The lowest BCUT2D eigenvalue weighted by Gasteiger charge is -2.28. The molecule has 0 aromatic heterocycles. The monoisotopic (exact) mass is 303 g/mol. The van der Waals surface area contributed by atoms with Crippen LogP contribution in [0.25, 0.3) is 0 Å². The molecule has 2 atom stereocenters. The molecule has 0 aliphatic heterocycles. The van der Waals surface area contributed by atoms with Gasteiger partial charge in [-0.1, -0.05) is 39.8 Å². The Kier molecular flexibility index (Phi) is 5.82. The van der Waals surface area contributed by atoms with Gasteiger partial charge in [0.1, 0.15) is 0 Å². The summed E-state index contributed by atoms with van der Waals surface area (Å²) in [6, 6.07) is 4.83. The average Bonchev–Trinajstić information content (AvgIpc) is 2.36. The van der Waals surface area contributed by atoms with E-state index in [-0.39, 0.29) is 17.5 Å². The Hall–Kier alpha value is -1.07. The van der Waals surface area contributed by atoms with E-state index in [2.05, 4.69) is 33.0 Å². The van der Waals surface area contributed by atoms with Crippen LogP contribution in [-0.2, 0) is 6.18 Å². The molecule has 2 N–H and O–H groups in total. The highest BCUT2D eigenvalue weighted by Gasteiger charge is 2.30. The van der Waals surface area contributed by atoms with Crippen molar-refractivity contribution in [3.63, 3.8) is 0 Å². The quantitative estimate of drug-likeness (QED) is 0.861. The van der Waals surface area contributed by atoms with E-state index in [1.54, 1.807) is 0 Å². The second-order valence-corrected chi connectivity index (χ2v) is 6.56. The largest absolute Gasteiger partial charge is 0.416 e. The lowest BCUT2D eigenvalue weighted by Crippen LogP contribution is -2.32. The maximum atomic E-state index is 12.6. The number of aliphatic hydroxyl groups excluding tert-OH is 1. The van der Waals surface area contributed by atoms with Crippen molar-refractivity contribution in [3.8, 4) is 0 Å². The van der Waals surface area contributed by atoms with Crippen molar-refractivity contribution < 1.29 is 18.3 Å². The van der Waals surface area contributed by atoms with Crippen LogP contribution in [0.4, 0.5) is 13.2 Å². The van der Waals surface area contributed by atoms with Crippen molar-refractivity contribution in [1.29, 1.82) is 0 Å². The molecule has 0 bridgehead atoms. The van der Waals surface area contributed by atoms with E-state index >= 15 is 0 Å². The van der Waals surface area contributed by atoms with Gasteiger partial charge in [0.15, 0.2) is 0 Å². The van der Waals surface area contributed by atoms with E-state index < -0.39 is 17.8 Å². The predicted molar refractivity (Wildman–Crippen MR) is 77.9 cm³/mol. The van der Waals surface area contributed by atoms with Crippen LogP contribution in [0.2, 0.25) is 0 Å². The minimum absolute atomic E-state index is 0.147. The van der Waals surface area contributed by atoms with E-state index in [1.165, 1.54) is 12.1 Å². The van der Waals surface area contributed by atoms with E-state index in [0.29, 0.717) is 12.5 Å². The Bertz CT molecular complexity index is 452. The van der Waals surface area contributed by atoms with Crippen LogP contribution in [-0.4, -0.2) is 18.2 Å². The van der Waals surface area contributed by atoms with E-state index in [9.17, 15) is 18.3 Å². The molecule has 21 heavy (non-hydrogen) atoms. The number of hydrogen-bond acceptors (Lipinski definition) is 2. The van der Waals surface area contributed by atoms with Gasteiger partial charge in [-0.15, -0.1) is 0 Å². The molecule has 0 saturated heterocycles. The summed E-state index contributed by atoms with van der Waals surface area (Å²) < 4.78 is 37.9. The Labute approximate surface area is 124 Å². The summed E-state index contributed by atoms with van der Waals surface area (Å²) in [4.78, 5) is 0. The molecule has 1 aromatic rings. The molecule has 0 spiro atoms. The zero-order chi connectivity index (χ0) is 16.3. The van der Waals surface area contributed by atoms with Gasteiger partial charge in [0.05, 0.1) is 11.7 Å². The summed E-state index contributed by atoms with van der Waals surface area (Å²) >= 11 is 0. The molecule has 1 aromatic carbocycles. The first-order valence-corrected chi connectivity index (χ1v) is 7.07. The van der Waals surface area contributed by atoms with Gasteiger partial charge in [0.2, 0.25) is 0 Å². The first-order chi connectivity index (χ1) is 9.51. The smallest absolute Gasteiger partial charge is 0.387 e. The standard InChI is InChI=1S/C16H24F3NO/c1-11(15(2,3)4)9-20-10-14(21)12-6-5-7-13(8-12)16(17,18)19/h5-8,11,14,20-21H,9-10H2,1-4H3. The summed E-state index contributed by atoms with van der Waals surface area (Å²) in [5, 5.41) is 13.1. The van der Waals surface area contributed by atoms with Gasteiger partial charge in [-0.3, -0.25) is 0 Å². The highest BCUT2D eigenvalue weighted by Crippen LogP contribution is 2.30. The molecular weight excluding hydrogens is 279 g/mol. The minimum atomic E-state index is -4.39. The van der Waals surface area contributed by atoms with Crippen LogP contribution >= 0.6 is 0 Å². The van der Waals surface area contributed by atoms with Crippen molar-refractivity contribution in [2.45, 2.75) is 40.0 Å². The van der Waals surface area contributed by atoms with Gasteiger partial charge in [-0.2, -0.15) is 13.2 Å². The molecule has 0 aliphatic rings. The van der Waals surface area contributed by atoms with Crippen molar-refractivity contribution in [1.82, 2.24) is 5.32 Å². The van der Waals surface area contributed by atoms with E-state index in [4.69, 9.17) is 0 Å². The maximum Gasteiger partial charge on any atom is 0.416 e. The fraction of sp³-hybridized carbons (Fsp3) is 0.625.